The topological polar surface area (TPSA) is 15.3 Å². The molecule has 118 valence electrons. The highest BCUT2D eigenvalue weighted by atomic mass is 35.5. The number of hydrogen-bond donors (Lipinski definition) is 1. The van der Waals surface area contributed by atoms with Crippen molar-refractivity contribution in [1.29, 1.82) is 0 Å². The van der Waals surface area contributed by atoms with Crippen molar-refractivity contribution in [1.82, 2.24) is 5.32 Å². The Hall–Kier alpha value is -0.730. The minimum Gasteiger partial charge on any atom is -0.371 e. The Kier molecular flexibility index (Phi) is 5.95. The molecule has 1 saturated carbocycles. The second-order valence-electron chi connectivity index (χ2n) is 6.43. The summed E-state index contributed by atoms with van der Waals surface area (Å²) in [5, 5.41) is 4.30. The standard InChI is InChI=1S/C18H29ClN2/c1-5-20-14(3)16-11-10-15(12-17(16)19)21(4)18-9-7-6-8-13(18)2/h10-14,18,20H,5-9H2,1-4H3. The van der Waals surface area contributed by atoms with Crippen LogP contribution in [0.15, 0.2) is 18.2 Å². The van der Waals surface area contributed by atoms with Crippen LogP contribution in [0.3, 0.4) is 0 Å². The van der Waals surface area contributed by atoms with Crippen molar-refractivity contribution in [3.8, 4) is 0 Å². The van der Waals surface area contributed by atoms with Crippen LogP contribution in [0.25, 0.3) is 0 Å². The van der Waals surface area contributed by atoms with Gasteiger partial charge in [-0.3, -0.25) is 0 Å². The van der Waals surface area contributed by atoms with Gasteiger partial charge in [0.15, 0.2) is 0 Å². The Morgan fingerprint density at radius 3 is 2.67 bits per heavy atom. The van der Waals surface area contributed by atoms with Gasteiger partial charge in [-0.25, -0.2) is 0 Å². The molecule has 0 aliphatic heterocycles. The molecule has 0 aromatic heterocycles. The van der Waals surface area contributed by atoms with Gasteiger partial charge >= 0.3 is 0 Å². The zero-order chi connectivity index (χ0) is 15.4. The summed E-state index contributed by atoms with van der Waals surface area (Å²) in [6, 6.07) is 7.47. The Morgan fingerprint density at radius 2 is 2.05 bits per heavy atom. The molecule has 1 aromatic carbocycles. The zero-order valence-corrected chi connectivity index (χ0v) is 14.6. The van der Waals surface area contributed by atoms with Crippen molar-refractivity contribution in [3.63, 3.8) is 0 Å². The van der Waals surface area contributed by atoms with Gasteiger partial charge < -0.3 is 10.2 Å². The Labute approximate surface area is 134 Å². The molecule has 2 nitrogen and oxygen atoms in total. The van der Waals surface area contributed by atoms with Crippen LogP contribution in [0.1, 0.15) is 58.1 Å². The number of anilines is 1. The van der Waals surface area contributed by atoms with Gasteiger partial charge in [0.1, 0.15) is 0 Å². The Bertz CT molecular complexity index is 461. The largest absolute Gasteiger partial charge is 0.371 e. The van der Waals surface area contributed by atoms with E-state index in [1.54, 1.807) is 0 Å². The fourth-order valence-corrected chi connectivity index (χ4v) is 3.90. The van der Waals surface area contributed by atoms with E-state index in [9.17, 15) is 0 Å². The van der Waals surface area contributed by atoms with Gasteiger partial charge in [-0.2, -0.15) is 0 Å². The molecule has 3 unspecified atom stereocenters. The third-order valence-corrected chi connectivity index (χ3v) is 5.26. The van der Waals surface area contributed by atoms with Gasteiger partial charge in [0.2, 0.25) is 0 Å². The van der Waals surface area contributed by atoms with Crippen LogP contribution in [0.5, 0.6) is 0 Å². The first-order valence-electron chi connectivity index (χ1n) is 8.30. The van der Waals surface area contributed by atoms with Crippen LogP contribution in [0.4, 0.5) is 5.69 Å². The zero-order valence-electron chi connectivity index (χ0n) is 13.8. The number of nitrogens with one attached hydrogen (secondary N) is 1. The molecule has 0 saturated heterocycles. The van der Waals surface area contributed by atoms with Gasteiger partial charge in [0.25, 0.3) is 0 Å². The molecule has 3 atom stereocenters. The number of nitrogens with zero attached hydrogens (tertiary/aromatic N) is 1. The fraction of sp³-hybridized carbons (Fsp3) is 0.667. The summed E-state index contributed by atoms with van der Waals surface area (Å²) >= 11 is 6.51. The van der Waals surface area contributed by atoms with Crippen LogP contribution < -0.4 is 10.2 Å². The summed E-state index contributed by atoms with van der Waals surface area (Å²) in [6.45, 7) is 7.62. The summed E-state index contributed by atoms with van der Waals surface area (Å²) in [5.41, 5.74) is 2.43. The summed E-state index contributed by atoms with van der Waals surface area (Å²) in [5.74, 6) is 0.767. The molecular formula is C18H29ClN2. The number of halogens is 1. The smallest absolute Gasteiger partial charge is 0.0474 e. The van der Waals surface area contributed by atoms with E-state index in [0.717, 1.165) is 17.5 Å². The maximum absolute atomic E-state index is 6.51. The van der Waals surface area contributed by atoms with E-state index in [1.165, 1.54) is 36.9 Å². The van der Waals surface area contributed by atoms with Crippen LogP contribution in [-0.4, -0.2) is 19.6 Å². The molecule has 2 rings (SSSR count). The second kappa shape index (κ2) is 7.51. The van der Waals surface area contributed by atoms with Gasteiger partial charge in [-0.05, 0) is 49.9 Å². The molecule has 0 amide bonds. The third-order valence-electron chi connectivity index (χ3n) is 4.93. The monoisotopic (exact) mass is 308 g/mol. The Balaban J connectivity index is 2.15. The number of benzene rings is 1. The van der Waals surface area contributed by atoms with E-state index >= 15 is 0 Å². The molecule has 21 heavy (non-hydrogen) atoms. The molecule has 0 bridgehead atoms. The summed E-state index contributed by atoms with van der Waals surface area (Å²) in [7, 11) is 2.21. The number of hydrogen-bond acceptors (Lipinski definition) is 2. The minimum atomic E-state index is 0.301. The van der Waals surface area contributed by atoms with Gasteiger partial charge in [-0.15, -0.1) is 0 Å². The summed E-state index contributed by atoms with van der Waals surface area (Å²) in [6.07, 6.45) is 5.37. The van der Waals surface area contributed by atoms with Crippen molar-refractivity contribution in [2.75, 3.05) is 18.5 Å². The predicted octanol–water partition coefficient (Wildman–Crippen LogP) is 5.03. The highest BCUT2D eigenvalue weighted by molar-refractivity contribution is 6.31. The second-order valence-corrected chi connectivity index (χ2v) is 6.83. The van der Waals surface area contributed by atoms with Crippen LogP contribution in [0, 0.1) is 5.92 Å². The van der Waals surface area contributed by atoms with Crippen LogP contribution in [0.2, 0.25) is 5.02 Å². The predicted molar refractivity (Wildman–Crippen MR) is 93.4 cm³/mol. The average molecular weight is 309 g/mol. The van der Waals surface area contributed by atoms with Crippen molar-refractivity contribution < 1.29 is 0 Å². The van der Waals surface area contributed by atoms with E-state index < -0.39 is 0 Å². The lowest BCUT2D eigenvalue weighted by Gasteiger charge is -2.38. The van der Waals surface area contributed by atoms with E-state index in [0.29, 0.717) is 12.1 Å². The quantitative estimate of drug-likeness (QED) is 0.821. The molecule has 1 aliphatic carbocycles. The van der Waals surface area contributed by atoms with Crippen molar-refractivity contribution in [2.45, 2.75) is 58.5 Å². The highest BCUT2D eigenvalue weighted by Gasteiger charge is 2.25. The maximum atomic E-state index is 6.51. The molecule has 1 fully saturated rings. The fourth-order valence-electron chi connectivity index (χ4n) is 3.57. The van der Waals surface area contributed by atoms with E-state index in [4.69, 9.17) is 11.6 Å². The first kappa shape index (κ1) is 16.6. The summed E-state index contributed by atoms with van der Waals surface area (Å²) < 4.78 is 0. The molecule has 1 aromatic rings. The molecular weight excluding hydrogens is 280 g/mol. The van der Waals surface area contributed by atoms with E-state index in [2.05, 4.69) is 56.2 Å². The van der Waals surface area contributed by atoms with Gasteiger partial charge in [-0.1, -0.05) is 44.4 Å². The number of rotatable bonds is 5. The Morgan fingerprint density at radius 1 is 1.33 bits per heavy atom. The lowest BCUT2D eigenvalue weighted by atomic mass is 9.85. The lowest BCUT2D eigenvalue weighted by Crippen LogP contribution is -2.39. The van der Waals surface area contributed by atoms with E-state index in [1.807, 2.05) is 0 Å². The third kappa shape index (κ3) is 3.92. The minimum absolute atomic E-state index is 0.301. The van der Waals surface area contributed by atoms with Crippen molar-refractivity contribution in [2.24, 2.45) is 5.92 Å². The van der Waals surface area contributed by atoms with Gasteiger partial charge in [0.05, 0.1) is 0 Å². The SMILES string of the molecule is CCNC(C)c1ccc(N(C)C2CCCCC2C)cc1Cl. The van der Waals surface area contributed by atoms with Crippen molar-refractivity contribution in [3.05, 3.63) is 28.8 Å². The molecule has 0 spiro atoms. The molecule has 3 heteroatoms. The summed E-state index contributed by atoms with van der Waals surface area (Å²) in [4.78, 5) is 2.43. The average Bonchev–Trinajstić information content (AvgIpc) is 2.47. The molecule has 1 aliphatic rings. The van der Waals surface area contributed by atoms with Crippen LogP contribution >= 0.6 is 11.6 Å². The first-order valence-corrected chi connectivity index (χ1v) is 8.68. The molecule has 1 N–H and O–H groups in total. The lowest BCUT2D eigenvalue weighted by molar-refractivity contribution is 0.321. The molecule has 0 heterocycles. The van der Waals surface area contributed by atoms with Crippen molar-refractivity contribution >= 4 is 17.3 Å². The highest BCUT2D eigenvalue weighted by Crippen LogP contribution is 2.33. The van der Waals surface area contributed by atoms with Crippen LogP contribution in [-0.2, 0) is 0 Å². The maximum Gasteiger partial charge on any atom is 0.0474 e. The van der Waals surface area contributed by atoms with Gasteiger partial charge in [0, 0.05) is 29.8 Å². The first-order chi connectivity index (χ1) is 10.0. The van der Waals surface area contributed by atoms with E-state index in [-0.39, 0.29) is 0 Å². The normalized spacial score (nSPS) is 23.9. The molecule has 0 radical (unpaired) electrons.